The summed E-state index contributed by atoms with van der Waals surface area (Å²) in [5, 5.41) is 14.1. The standard InChI is InChI=1S/C21H25N5O3S/c1-24-10-11-25(12-13-30-2)20(15-24)23-19-9-8-17(26(28)29)14-18(19)21(27)22-16-6-4-3-5-7-16/h3-9,14H,10-13,15H2,1-2H3,(H,22,27)/b23-20-. The molecule has 1 amide bonds. The first-order valence-corrected chi connectivity index (χ1v) is 11.0. The van der Waals surface area contributed by atoms with Gasteiger partial charge in [0.1, 0.15) is 5.84 Å². The van der Waals surface area contributed by atoms with E-state index in [9.17, 15) is 14.9 Å². The number of amidine groups is 1. The first kappa shape index (κ1) is 21.8. The minimum Gasteiger partial charge on any atom is -0.357 e. The maximum Gasteiger partial charge on any atom is 0.270 e. The number of thioether (sulfide) groups is 1. The number of non-ortho nitro benzene ring substituents is 1. The topological polar surface area (TPSA) is 91.1 Å². The molecule has 158 valence electrons. The lowest BCUT2D eigenvalue weighted by atomic mass is 10.1. The molecule has 2 aromatic carbocycles. The van der Waals surface area contributed by atoms with Crippen molar-refractivity contribution in [1.82, 2.24) is 9.80 Å². The minimum atomic E-state index is -0.505. The maximum absolute atomic E-state index is 12.9. The number of likely N-dealkylation sites (N-methyl/N-ethyl adjacent to an activating group) is 1. The number of rotatable bonds is 7. The van der Waals surface area contributed by atoms with Gasteiger partial charge in [-0.25, -0.2) is 4.99 Å². The van der Waals surface area contributed by atoms with Gasteiger partial charge in [0.25, 0.3) is 11.6 Å². The summed E-state index contributed by atoms with van der Waals surface area (Å²) < 4.78 is 0. The van der Waals surface area contributed by atoms with Gasteiger partial charge in [-0.2, -0.15) is 11.8 Å². The van der Waals surface area contributed by atoms with Crippen LogP contribution in [0.25, 0.3) is 0 Å². The van der Waals surface area contributed by atoms with Gasteiger partial charge >= 0.3 is 0 Å². The van der Waals surface area contributed by atoms with Crippen molar-refractivity contribution < 1.29 is 9.72 Å². The largest absolute Gasteiger partial charge is 0.357 e. The summed E-state index contributed by atoms with van der Waals surface area (Å²) in [4.78, 5) is 32.9. The molecule has 0 aliphatic carbocycles. The molecule has 1 N–H and O–H groups in total. The van der Waals surface area contributed by atoms with Crippen LogP contribution in [0, 0.1) is 10.1 Å². The number of carbonyl (C=O) groups is 1. The van der Waals surface area contributed by atoms with Crippen LogP contribution in [0.15, 0.2) is 53.5 Å². The summed E-state index contributed by atoms with van der Waals surface area (Å²) in [7, 11) is 2.03. The van der Waals surface area contributed by atoms with E-state index in [2.05, 4.69) is 21.4 Å². The molecular formula is C21H25N5O3S. The van der Waals surface area contributed by atoms with Gasteiger partial charge in [0.05, 0.1) is 22.7 Å². The highest BCUT2D eigenvalue weighted by Crippen LogP contribution is 2.27. The minimum absolute atomic E-state index is 0.142. The van der Waals surface area contributed by atoms with E-state index in [1.807, 2.05) is 25.2 Å². The number of benzene rings is 2. The van der Waals surface area contributed by atoms with E-state index in [1.165, 1.54) is 12.1 Å². The fraction of sp³-hybridized carbons (Fsp3) is 0.333. The Bertz CT molecular complexity index is 933. The van der Waals surface area contributed by atoms with Crippen molar-refractivity contribution in [3.8, 4) is 0 Å². The molecule has 8 nitrogen and oxygen atoms in total. The Labute approximate surface area is 180 Å². The van der Waals surface area contributed by atoms with Crippen LogP contribution in [0.4, 0.5) is 17.1 Å². The van der Waals surface area contributed by atoms with Gasteiger partial charge < -0.3 is 10.2 Å². The molecule has 0 unspecified atom stereocenters. The number of hydrogen-bond acceptors (Lipinski definition) is 6. The molecule has 0 saturated carbocycles. The van der Waals surface area contributed by atoms with E-state index in [0.717, 1.165) is 31.2 Å². The fourth-order valence-electron chi connectivity index (χ4n) is 3.17. The second-order valence-electron chi connectivity index (χ2n) is 7.02. The number of nitro groups is 1. The van der Waals surface area contributed by atoms with Gasteiger partial charge in [-0.05, 0) is 31.5 Å². The third kappa shape index (κ3) is 5.58. The average Bonchev–Trinajstić information content (AvgIpc) is 2.74. The Morgan fingerprint density at radius 1 is 1.23 bits per heavy atom. The Hall–Kier alpha value is -2.91. The smallest absolute Gasteiger partial charge is 0.270 e. The average molecular weight is 428 g/mol. The Kier molecular flexibility index (Phi) is 7.42. The fourth-order valence-corrected chi connectivity index (χ4v) is 3.57. The molecule has 0 atom stereocenters. The highest BCUT2D eigenvalue weighted by atomic mass is 32.2. The number of nitrogens with zero attached hydrogens (tertiary/aromatic N) is 4. The van der Waals surface area contributed by atoms with Crippen LogP contribution in [0.5, 0.6) is 0 Å². The van der Waals surface area contributed by atoms with E-state index in [-0.39, 0.29) is 11.3 Å². The summed E-state index contributed by atoms with van der Waals surface area (Å²) in [6.45, 7) is 3.32. The van der Waals surface area contributed by atoms with E-state index in [0.29, 0.717) is 17.9 Å². The summed E-state index contributed by atoms with van der Waals surface area (Å²) in [6, 6.07) is 13.2. The van der Waals surface area contributed by atoms with E-state index >= 15 is 0 Å². The van der Waals surface area contributed by atoms with Crippen LogP contribution in [0.2, 0.25) is 0 Å². The van der Waals surface area contributed by atoms with Crippen molar-refractivity contribution >= 4 is 40.6 Å². The van der Waals surface area contributed by atoms with Gasteiger partial charge in [-0.15, -0.1) is 0 Å². The SMILES string of the molecule is CSCCN1CCN(C)C/C1=N/c1ccc([N+](=O)[O-])cc1C(=O)Nc1ccccc1. The van der Waals surface area contributed by atoms with E-state index in [4.69, 9.17) is 4.99 Å². The summed E-state index contributed by atoms with van der Waals surface area (Å²) in [5.41, 5.74) is 1.08. The Morgan fingerprint density at radius 2 is 2.00 bits per heavy atom. The summed E-state index contributed by atoms with van der Waals surface area (Å²) in [5.74, 6) is 1.41. The first-order chi connectivity index (χ1) is 14.5. The molecule has 9 heteroatoms. The molecule has 2 aromatic rings. The van der Waals surface area contributed by atoms with Gasteiger partial charge in [-0.3, -0.25) is 19.8 Å². The molecule has 0 spiro atoms. The zero-order valence-electron chi connectivity index (χ0n) is 17.1. The molecule has 1 aliphatic heterocycles. The third-order valence-electron chi connectivity index (χ3n) is 4.81. The number of nitro benzene ring substituents is 1. The number of hydrogen-bond donors (Lipinski definition) is 1. The van der Waals surface area contributed by atoms with Crippen LogP contribution in [0.3, 0.4) is 0 Å². The predicted molar refractivity (Wildman–Crippen MR) is 122 cm³/mol. The maximum atomic E-state index is 12.9. The Balaban J connectivity index is 1.97. The van der Waals surface area contributed by atoms with Crippen LogP contribution < -0.4 is 5.32 Å². The molecule has 1 saturated heterocycles. The van der Waals surface area contributed by atoms with E-state index < -0.39 is 10.8 Å². The summed E-state index contributed by atoms with van der Waals surface area (Å²) >= 11 is 1.77. The summed E-state index contributed by atoms with van der Waals surface area (Å²) in [6.07, 6.45) is 2.06. The molecule has 3 rings (SSSR count). The second-order valence-corrected chi connectivity index (χ2v) is 8.01. The van der Waals surface area contributed by atoms with Crippen molar-refractivity contribution in [1.29, 1.82) is 0 Å². The van der Waals surface area contributed by atoms with Gasteiger partial charge in [0, 0.05) is 43.2 Å². The number of anilines is 1. The van der Waals surface area contributed by atoms with Crippen LogP contribution >= 0.6 is 11.8 Å². The zero-order valence-corrected chi connectivity index (χ0v) is 17.9. The first-order valence-electron chi connectivity index (χ1n) is 9.63. The molecular weight excluding hydrogens is 402 g/mol. The monoisotopic (exact) mass is 427 g/mol. The number of aliphatic imine (C=N–C) groups is 1. The lowest BCUT2D eigenvalue weighted by Crippen LogP contribution is -2.49. The van der Waals surface area contributed by atoms with Crippen LogP contribution in [-0.4, -0.2) is 71.7 Å². The van der Waals surface area contributed by atoms with Crippen molar-refractivity contribution in [2.24, 2.45) is 4.99 Å². The van der Waals surface area contributed by atoms with Gasteiger partial charge in [-0.1, -0.05) is 18.2 Å². The van der Waals surface area contributed by atoms with Crippen molar-refractivity contribution in [3.05, 3.63) is 64.2 Å². The van der Waals surface area contributed by atoms with Crippen LogP contribution in [-0.2, 0) is 0 Å². The van der Waals surface area contributed by atoms with Crippen molar-refractivity contribution in [3.63, 3.8) is 0 Å². The number of amides is 1. The molecule has 0 radical (unpaired) electrons. The van der Waals surface area contributed by atoms with Gasteiger partial charge in [0.2, 0.25) is 0 Å². The molecule has 0 bridgehead atoms. The highest BCUT2D eigenvalue weighted by Gasteiger charge is 2.22. The molecule has 1 aliphatic rings. The Morgan fingerprint density at radius 3 is 2.70 bits per heavy atom. The van der Waals surface area contributed by atoms with Crippen molar-refractivity contribution in [2.45, 2.75) is 0 Å². The molecule has 0 aromatic heterocycles. The lowest BCUT2D eigenvalue weighted by Gasteiger charge is -2.35. The normalized spacial score (nSPS) is 15.9. The highest BCUT2D eigenvalue weighted by molar-refractivity contribution is 7.98. The lowest BCUT2D eigenvalue weighted by molar-refractivity contribution is -0.384. The van der Waals surface area contributed by atoms with Crippen molar-refractivity contribution in [2.75, 3.05) is 50.6 Å². The zero-order chi connectivity index (χ0) is 21.5. The number of nitrogens with one attached hydrogen (secondary N) is 1. The van der Waals surface area contributed by atoms with Crippen LogP contribution in [0.1, 0.15) is 10.4 Å². The third-order valence-corrected chi connectivity index (χ3v) is 5.40. The molecule has 30 heavy (non-hydrogen) atoms. The number of para-hydroxylation sites is 1. The van der Waals surface area contributed by atoms with Gasteiger partial charge in [0.15, 0.2) is 0 Å². The number of carbonyl (C=O) groups excluding carboxylic acids is 1. The number of piperazine rings is 1. The predicted octanol–water partition coefficient (Wildman–Crippen LogP) is 3.49. The quantitative estimate of drug-likeness (QED) is 0.537. The molecule has 1 heterocycles. The molecule has 1 fully saturated rings. The van der Waals surface area contributed by atoms with E-state index in [1.54, 1.807) is 30.0 Å². The second kappa shape index (κ2) is 10.2.